The predicted molar refractivity (Wildman–Crippen MR) is 110 cm³/mol. The number of hydrogen-bond donors (Lipinski definition) is 2. The molecule has 6 heteroatoms. The van der Waals surface area contributed by atoms with Gasteiger partial charge in [0.2, 0.25) is 0 Å². The Balaban J connectivity index is 1.86. The molecule has 0 aliphatic heterocycles. The number of fused-ring (bicyclic) bond motifs is 6. The molecule has 0 saturated heterocycles. The van der Waals surface area contributed by atoms with E-state index >= 15 is 0 Å². The van der Waals surface area contributed by atoms with Gasteiger partial charge < -0.3 is 9.97 Å². The van der Waals surface area contributed by atoms with E-state index in [-0.39, 0.29) is 0 Å². The van der Waals surface area contributed by atoms with Gasteiger partial charge in [-0.05, 0) is 48.5 Å². The van der Waals surface area contributed by atoms with Gasteiger partial charge >= 0.3 is 0 Å². The number of H-pyrrole nitrogens is 2. The highest BCUT2D eigenvalue weighted by Crippen LogP contribution is 2.35. The maximum atomic E-state index is 5.07. The zero-order chi connectivity index (χ0) is 18.5. The second-order valence-corrected chi connectivity index (χ2v) is 6.58. The van der Waals surface area contributed by atoms with Crippen molar-refractivity contribution >= 4 is 32.8 Å². The number of rotatable bonds is 2. The Morgan fingerprint density at radius 2 is 1.04 bits per heavy atom. The van der Waals surface area contributed by atoms with Crippen LogP contribution in [-0.2, 0) is 0 Å². The summed E-state index contributed by atoms with van der Waals surface area (Å²) in [5, 5.41) is 1.89. The molecule has 0 bridgehead atoms. The highest BCUT2D eigenvalue weighted by atomic mass is 14.9. The lowest BCUT2D eigenvalue weighted by atomic mass is 10.1. The molecular formula is C22H14N6. The minimum atomic E-state index is 0.799. The van der Waals surface area contributed by atoms with Crippen LogP contribution in [0.25, 0.3) is 55.6 Å². The first-order valence-corrected chi connectivity index (χ1v) is 9.01. The van der Waals surface area contributed by atoms with Gasteiger partial charge in [-0.2, -0.15) is 0 Å². The van der Waals surface area contributed by atoms with Crippen molar-refractivity contribution in [1.82, 2.24) is 29.9 Å². The van der Waals surface area contributed by atoms with Crippen LogP contribution >= 0.6 is 0 Å². The van der Waals surface area contributed by atoms with Gasteiger partial charge in [-0.15, -0.1) is 0 Å². The third-order valence-corrected chi connectivity index (χ3v) is 4.95. The molecule has 0 aliphatic rings. The first kappa shape index (κ1) is 15.0. The van der Waals surface area contributed by atoms with Gasteiger partial charge in [-0.1, -0.05) is 0 Å². The Hall–Kier alpha value is -4.06. The van der Waals surface area contributed by atoms with E-state index in [0.29, 0.717) is 0 Å². The fourth-order valence-electron chi connectivity index (χ4n) is 3.71. The number of aromatic nitrogens is 6. The fraction of sp³-hybridized carbons (Fsp3) is 0. The van der Waals surface area contributed by atoms with Gasteiger partial charge in [0.25, 0.3) is 0 Å². The zero-order valence-electron chi connectivity index (χ0n) is 14.7. The van der Waals surface area contributed by atoms with Crippen molar-refractivity contribution in [3.63, 3.8) is 0 Å². The van der Waals surface area contributed by atoms with E-state index < -0.39 is 0 Å². The van der Waals surface area contributed by atoms with E-state index in [1.54, 1.807) is 12.4 Å². The smallest absolute Gasteiger partial charge is 0.115 e. The van der Waals surface area contributed by atoms with Gasteiger partial charge in [0.1, 0.15) is 11.4 Å². The van der Waals surface area contributed by atoms with E-state index in [4.69, 9.17) is 9.97 Å². The van der Waals surface area contributed by atoms with Crippen molar-refractivity contribution < 1.29 is 0 Å². The van der Waals surface area contributed by atoms with Crippen molar-refractivity contribution in [2.45, 2.75) is 0 Å². The number of nitrogens with one attached hydrogen (secondary N) is 2. The molecule has 0 unspecified atom stereocenters. The topological polar surface area (TPSA) is 83.1 Å². The van der Waals surface area contributed by atoms with E-state index in [1.165, 1.54) is 0 Å². The normalized spacial score (nSPS) is 11.6. The third kappa shape index (κ3) is 2.08. The summed E-state index contributed by atoms with van der Waals surface area (Å²) in [4.78, 5) is 25.8. The van der Waals surface area contributed by atoms with Crippen LogP contribution in [0.4, 0.5) is 0 Å². The lowest BCUT2D eigenvalue weighted by molar-refractivity contribution is 1.24. The van der Waals surface area contributed by atoms with Crippen LogP contribution in [0.2, 0.25) is 0 Å². The average Bonchev–Trinajstić information content (AvgIpc) is 3.47. The molecule has 1 aromatic carbocycles. The number of pyridine rings is 2. The molecule has 5 aromatic heterocycles. The van der Waals surface area contributed by atoms with Gasteiger partial charge in [0.15, 0.2) is 0 Å². The molecule has 0 saturated carbocycles. The standard InChI is InChI=1S/C22H14N6/c1-5-13-17(25-11-1)18-14(6-2-12-26-18)20-19(13)27-21(15-7-3-9-23-15)22(28-20)16-8-4-10-24-16/h1-12,23-24H. The highest BCUT2D eigenvalue weighted by molar-refractivity contribution is 6.20. The molecule has 28 heavy (non-hydrogen) atoms. The molecule has 0 aliphatic carbocycles. The first-order chi connectivity index (χ1) is 13.9. The summed E-state index contributed by atoms with van der Waals surface area (Å²) in [7, 11) is 0. The summed E-state index contributed by atoms with van der Waals surface area (Å²) in [5.74, 6) is 0. The van der Waals surface area contributed by atoms with Crippen LogP contribution in [-0.4, -0.2) is 29.9 Å². The molecule has 6 nitrogen and oxygen atoms in total. The van der Waals surface area contributed by atoms with Crippen LogP contribution in [0.5, 0.6) is 0 Å². The Bertz CT molecular complexity index is 1340. The van der Waals surface area contributed by atoms with Crippen molar-refractivity contribution in [2.75, 3.05) is 0 Å². The molecule has 0 atom stereocenters. The molecular weight excluding hydrogens is 348 g/mol. The van der Waals surface area contributed by atoms with Gasteiger partial charge in [-0.25, -0.2) is 9.97 Å². The molecule has 2 N–H and O–H groups in total. The van der Waals surface area contributed by atoms with Gasteiger partial charge in [0.05, 0.1) is 33.5 Å². The molecule has 5 heterocycles. The molecule has 0 fully saturated rings. The van der Waals surface area contributed by atoms with Crippen LogP contribution in [0.3, 0.4) is 0 Å². The summed E-state index contributed by atoms with van der Waals surface area (Å²) >= 11 is 0. The number of benzene rings is 1. The van der Waals surface area contributed by atoms with E-state index in [1.807, 2.05) is 60.9 Å². The zero-order valence-corrected chi connectivity index (χ0v) is 14.7. The number of hydrogen-bond acceptors (Lipinski definition) is 4. The third-order valence-electron chi connectivity index (χ3n) is 4.95. The summed E-state index contributed by atoms with van der Waals surface area (Å²) in [6.07, 6.45) is 7.36. The summed E-state index contributed by atoms with van der Waals surface area (Å²) in [5.41, 5.74) is 6.76. The maximum Gasteiger partial charge on any atom is 0.115 e. The Kier molecular flexibility index (Phi) is 3.07. The van der Waals surface area contributed by atoms with Crippen LogP contribution < -0.4 is 0 Å². The van der Waals surface area contributed by atoms with Crippen molar-refractivity contribution in [1.29, 1.82) is 0 Å². The van der Waals surface area contributed by atoms with Crippen LogP contribution in [0.1, 0.15) is 0 Å². The highest BCUT2D eigenvalue weighted by Gasteiger charge is 2.19. The summed E-state index contributed by atoms with van der Waals surface area (Å²) in [6.45, 7) is 0. The largest absolute Gasteiger partial charge is 0.360 e. The van der Waals surface area contributed by atoms with Crippen molar-refractivity contribution in [3.8, 4) is 22.8 Å². The van der Waals surface area contributed by atoms with Gasteiger partial charge in [-0.3, -0.25) is 9.97 Å². The Morgan fingerprint density at radius 1 is 0.536 bits per heavy atom. The number of aromatic amines is 2. The second kappa shape index (κ2) is 5.72. The molecule has 6 aromatic rings. The maximum absolute atomic E-state index is 5.07. The molecule has 0 radical (unpaired) electrons. The first-order valence-electron chi connectivity index (χ1n) is 9.01. The lowest BCUT2D eigenvalue weighted by Gasteiger charge is -2.12. The SMILES string of the molecule is c1c[nH]c(-c2nc3c4cccnc4c4ncccc4c3nc2-c2ccc[nH]2)c1. The Morgan fingerprint density at radius 3 is 1.46 bits per heavy atom. The van der Waals surface area contributed by atoms with E-state index in [2.05, 4.69) is 19.9 Å². The molecule has 0 spiro atoms. The van der Waals surface area contributed by atoms with Crippen molar-refractivity contribution in [2.24, 2.45) is 0 Å². The Labute approximate surface area is 159 Å². The summed E-state index contributed by atoms with van der Waals surface area (Å²) in [6, 6.07) is 15.8. The van der Waals surface area contributed by atoms with Gasteiger partial charge in [0, 0.05) is 35.6 Å². The van der Waals surface area contributed by atoms with E-state index in [9.17, 15) is 0 Å². The number of nitrogens with zero attached hydrogens (tertiary/aromatic N) is 4. The molecule has 0 amide bonds. The predicted octanol–water partition coefficient (Wildman–Crippen LogP) is 4.72. The summed E-state index contributed by atoms with van der Waals surface area (Å²) < 4.78 is 0. The second-order valence-electron chi connectivity index (χ2n) is 6.58. The van der Waals surface area contributed by atoms with Crippen molar-refractivity contribution in [3.05, 3.63) is 73.3 Å². The lowest BCUT2D eigenvalue weighted by Crippen LogP contribution is -1.98. The quantitative estimate of drug-likeness (QED) is 0.437. The minimum absolute atomic E-state index is 0.799. The van der Waals surface area contributed by atoms with E-state index in [0.717, 1.165) is 55.6 Å². The average molecular weight is 362 g/mol. The van der Waals surface area contributed by atoms with Crippen LogP contribution in [0, 0.1) is 0 Å². The van der Waals surface area contributed by atoms with Crippen LogP contribution in [0.15, 0.2) is 73.3 Å². The molecule has 6 rings (SSSR count). The fourth-order valence-corrected chi connectivity index (χ4v) is 3.71. The monoisotopic (exact) mass is 362 g/mol. The molecule has 132 valence electrons. The minimum Gasteiger partial charge on any atom is -0.360 e.